The minimum Gasteiger partial charge on any atom is -0.493 e. The Hall–Kier alpha value is -1.30. The van der Waals surface area contributed by atoms with Crippen LogP contribution in [0.5, 0.6) is 5.75 Å². The van der Waals surface area contributed by atoms with E-state index in [1.807, 2.05) is 38.2 Å². The summed E-state index contributed by atoms with van der Waals surface area (Å²) in [5.41, 5.74) is 1.13. The SMILES string of the molecule is Cc1ccccc1OCCCN(C)C(=O)C1COCCN1.Cl. The van der Waals surface area contributed by atoms with Gasteiger partial charge in [-0.3, -0.25) is 4.79 Å². The Morgan fingerprint density at radius 2 is 2.23 bits per heavy atom. The van der Waals surface area contributed by atoms with Gasteiger partial charge >= 0.3 is 0 Å². The molecule has 1 aromatic rings. The second-order valence-corrected chi connectivity index (χ2v) is 5.31. The Morgan fingerprint density at radius 1 is 1.45 bits per heavy atom. The zero-order chi connectivity index (χ0) is 15.1. The smallest absolute Gasteiger partial charge is 0.241 e. The lowest BCUT2D eigenvalue weighted by Crippen LogP contribution is -2.51. The predicted octanol–water partition coefficient (Wildman–Crippen LogP) is 1.63. The number of carbonyl (C=O) groups excluding carboxylic acids is 1. The zero-order valence-electron chi connectivity index (χ0n) is 13.2. The summed E-state index contributed by atoms with van der Waals surface area (Å²) in [5, 5.41) is 3.18. The van der Waals surface area contributed by atoms with Crippen LogP contribution >= 0.6 is 12.4 Å². The van der Waals surface area contributed by atoms with Crippen LogP contribution in [0.2, 0.25) is 0 Å². The van der Waals surface area contributed by atoms with Crippen LogP contribution in [0.25, 0.3) is 0 Å². The van der Waals surface area contributed by atoms with Crippen molar-refractivity contribution in [2.24, 2.45) is 0 Å². The van der Waals surface area contributed by atoms with Gasteiger partial charge < -0.3 is 19.7 Å². The van der Waals surface area contributed by atoms with Gasteiger partial charge in [-0.15, -0.1) is 12.4 Å². The number of morpholine rings is 1. The lowest BCUT2D eigenvalue weighted by atomic mass is 10.2. The van der Waals surface area contributed by atoms with Crippen LogP contribution in [-0.2, 0) is 9.53 Å². The number of likely N-dealkylation sites (N-methyl/N-ethyl adjacent to an activating group) is 1. The maximum absolute atomic E-state index is 12.2. The van der Waals surface area contributed by atoms with E-state index in [0.29, 0.717) is 26.4 Å². The molecule has 1 aliphatic heterocycles. The molecule has 1 aliphatic rings. The van der Waals surface area contributed by atoms with Gasteiger partial charge in [0.2, 0.25) is 5.91 Å². The first-order chi connectivity index (χ1) is 10.2. The van der Waals surface area contributed by atoms with E-state index in [9.17, 15) is 4.79 Å². The highest BCUT2D eigenvalue weighted by molar-refractivity contribution is 5.85. The summed E-state index contributed by atoms with van der Waals surface area (Å²) in [7, 11) is 1.83. The van der Waals surface area contributed by atoms with Crippen LogP contribution in [0, 0.1) is 6.92 Å². The van der Waals surface area contributed by atoms with Crippen molar-refractivity contribution in [3.05, 3.63) is 29.8 Å². The number of benzene rings is 1. The van der Waals surface area contributed by atoms with Gasteiger partial charge in [-0.05, 0) is 25.0 Å². The summed E-state index contributed by atoms with van der Waals surface area (Å²) >= 11 is 0. The first-order valence-electron chi connectivity index (χ1n) is 7.43. The molecule has 0 aliphatic carbocycles. The van der Waals surface area contributed by atoms with Crippen molar-refractivity contribution in [3.8, 4) is 5.75 Å². The summed E-state index contributed by atoms with van der Waals surface area (Å²) in [6, 6.07) is 7.74. The second-order valence-electron chi connectivity index (χ2n) is 5.31. The molecule has 0 aromatic heterocycles. The van der Waals surface area contributed by atoms with Crippen LogP contribution in [-0.4, -0.2) is 56.8 Å². The second kappa shape index (κ2) is 9.66. The van der Waals surface area contributed by atoms with E-state index < -0.39 is 0 Å². The normalized spacial score (nSPS) is 17.5. The molecule has 1 fully saturated rings. The summed E-state index contributed by atoms with van der Waals surface area (Å²) < 4.78 is 11.0. The van der Waals surface area contributed by atoms with Crippen LogP contribution in [0.1, 0.15) is 12.0 Å². The number of nitrogens with zero attached hydrogens (tertiary/aromatic N) is 1. The molecule has 0 bridgehead atoms. The maximum atomic E-state index is 12.2. The molecule has 0 spiro atoms. The van der Waals surface area contributed by atoms with Gasteiger partial charge in [-0.2, -0.15) is 0 Å². The predicted molar refractivity (Wildman–Crippen MR) is 88.8 cm³/mol. The fourth-order valence-electron chi connectivity index (χ4n) is 2.30. The van der Waals surface area contributed by atoms with E-state index in [2.05, 4.69) is 5.32 Å². The molecule has 1 saturated heterocycles. The number of rotatable bonds is 6. The first-order valence-corrected chi connectivity index (χ1v) is 7.43. The number of nitrogens with one attached hydrogen (secondary N) is 1. The number of hydrogen-bond donors (Lipinski definition) is 1. The van der Waals surface area contributed by atoms with Crippen LogP contribution < -0.4 is 10.1 Å². The monoisotopic (exact) mass is 328 g/mol. The van der Waals surface area contributed by atoms with E-state index in [1.54, 1.807) is 4.90 Å². The van der Waals surface area contributed by atoms with Crippen molar-refractivity contribution in [3.63, 3.8) is 0 Å². The molecule has 1 aromatic carbocycles. The molecule has 1 heterocycles. The molecule has 1 N–H and O–H groups in total. The fraction of sp³-hybridized carbons (Fsp3) is 0.562. The van der Waals surface area contributed by atoms with Crippen molar-refractivity contribution in [2.75, 3.05) is 40.0 Å². The maximum Gasteiger partial charge on any atom is 0.241 e. The number of amides is 1. The number of ether oxygens (including phenoxy) is 2. The highest BCUT2D eigenvalue weighted by Crippen LogP contribution is 2.16. The number of halogens is 1. The van der Waals surface area contributed by atoms with E-state index in [4.69, 9.17) is 9.47 Å². The van der Waals surface area contributed by atoms with Gasteiger partial charge in [-0.25, -0.2) is 0 Å². The molecular formula is C16H25ClN2O3. The van der Waals surface area contributed by atoms with Gasteiger partial charge in [-0.1, -0.05) is 18.2 Å². The molecule has 124 valence electrons. The third-order valence-electron chi connectivity index (χ3n) is 3.58. The van der Waals surface area contributed by atoms with E-state index >= 15 is 0 Å². The van der Waals surface area contributed by atoms with Gasteiger partial charge in [0.25, 0.3) is 0 Å². The standard InChI is InChI=1S/C16H24N2O3.ClH/c1-13-6-3-4-7-15(13)21-10-5-9-18(2)16(19)14-12-20-11-8-17-14;/h3-4,6-7,14,17H,5,8-12H2,1-2H3;1H. The molecule has 5 nitrogen and oxygen atoms in total. The Kier molecular flexibility index (Phi) is 8.24. The van der Waals surface area contributed by atoms with Crippen LogP contribution in [0.15, 0.2) is 24.3 Å². The van der Waals surface area contributed by atoms with Crippen LogP contribution in [0.4, 0.5) is 0 Å². The number of para-hydroxylation sites is 1. The summed E-state index contributed by atoms with van der Waals surface area (Å²) in [6.45, 7) is 5.20. The molecule has 0 saturated carbocycles. The Balaban J connectivity index is 0.00000242. The summed E-state index contributed by atoms with van der Waals surface area (Å²) in [5.74, 6) is 0.999. The van der Waals surface area contributed by atoms with Crippen molar-refractivity contribution in [2.45, 2.75) is 19.4 Å². The third kappa shape index (κ3) is 5.48. The lowest BCUT2D eigenvalue weighted by Gasteiger charge is -2.27. The fourth-order valence-corrected chi connectivity index (χ4v) is 2.30. The molecule has 2 rings (SSSR count). The molecule has 0 radical (unpaired) electrons. The quantitative estimate of drug-likeness (QED) is 0.806. The van der Waals surface area contributed by atoms with E-state index in [-0.39, 0.29) is 24.4 Å². The molecule has 22 heavy (non-hydrogen) atoms. The Bertz CT molecular complexity index is 464. The van der Waals surface area contributed by atoms with Gasteiger partial charge in [0, 0.05) is 20.1 Å². The van der Waals surface area contributed by atoms with Gasteiger partial charge in [0.1, 0.15) is 11.8 Å². The van der Waals surface area contributed by atoms with Gasteiger partial charge in [0.05, 0.1) is 19.8 Å². The average Bonchev–Trinajstić information content (AvgIpc) is 2.53. The molecule has 1 atom stereocenters. The zero-order valence-corrected chi connectivity index (χ0v) is 14.0. The molecular weight excluding hydrogens is 304 g/mol. The largest absolute Gasteiger partial charge is 0.493 e. The number of aryl methyl sites for hydroxylation is 1. The van der Waals surface area contributed by atoms with Crippen molar-refractivity contribution in [1.29, 1.82) is 0 Å². The summed E-state index contributed by atoms with van der Waals surface area (Å²) in [4.78, 5) is 13.9. The molecule has 6 heteroatoms. The average molecular weight is 329 g/mol. The minimum atomic E-state index is -0.207. The summed E-state index contributed by atoms with van der Waals surface area (Å²) in [6.07, 6.45) is 0.810. The molecule has 1 unspecified atom stereocenters. The Labute approximate surface area is 138 Å². The Morgan fingerprint density at radius 3 is 2.91 bits per heavy atom. The number of carbonyl (C=O) groups is 1. The number of hydrogen-bond acceptors (Lipinski definition) is 4. The lowest BCUT2D eigenvalue weighted by molar-refractivity contribution is -0.135. The molecule has 1 amide bonds. The topological polar surface area (TPSA) is 50.8 Å². The van der Waals surface area contributed by atoms with E-state index in [0.717, 1.165) is 24.3 Å². The highest BCUT2D eigenvalue weighted by Gasteiger charge is 2.23. The van der Waals surface area contributed by atoms with Crippen molar-refractivity contribution < 1.29 is 14.3 Å². The van der Waals surface area contributed by atoms with Crippen molar-refractivity contribution in [1.82, 2.24) is 10.2 Å². The first kappa shape index (κ1) is 18.7. The van der Waals surface area contributed by atoms with Crippen molar-refractivity contribution >= 4 is 18.3 Å². The van der Waals surface area contributed by atoms with Crippen LogP contribution in [0.3, 0.4) is 0 Å². The van der Waals surface area contributed by atoms with E-state index in [1.165, 1.54) is 0 Å². The third-order valence-corrected chi connectivity index (χ3v) is 3.58. The van der Waals surface area contributed by atoms with Gasteiger partial charge in [0.15, 0.2) is 0 Å². The minimum absolute atomic E-state index is 0. The highest BCUT2D eigenvalue weighted by atomic mass is 35.5.